The summed E-state index contributed by atoms with van der Waals surface area (Å²) in [6.45, 7) is 0. The van der Waals surface area contributed by atoms with Crippen LogP contribution in [0.2, 0.25) is 5.02 Å². The van der Waals surface area contributed by atoms with Crippen LogP contribution in [0.15, 0.2) is 50.9 Å². The maximum atomic E-state index is 11.2. The van der Waals surface area contributed by atoms with E-state index in [0.717, 1.165) is 11.8 Å². The lowest BCUT2D eigenvalue weighted by Gasteiger charge is -2.04. The fourth-order valence-electron chi connectivity index (χ4n) is 2.14. The Labute approximate surface area is 156 Å². The van der Waals surface area contributed by atoms with Crippen LogP contribution in [0.1, 0.15) is 10.4 Å². The lowest BCUT2D eigenvalue weighted by molar-refractivity contribution is -0.384. The highest BCUT2D eigenvalue weighted by Gasteiger charge is 2.17. The maximum Gasteiger partial charge on any atom is 0.281 e. The average molecular weight is 392 g/mol. The van der Waals surface area contributed by atoms with Crippen LogP contribution in [-0.4, -0.2) is 28.5 Å². The van der Waals surface area contributed by atoms with Gasteiger partial charge < -0.3 is 9.15 Å². The molecule has 3 rings (SSSR count). The van der Waals surface area contributed by atoms with Crippen LogP contribution < -0.4 is 4.74 Å². The molecule has 0 N–H and O–H groups in total. The maximum absolute atomic E-state index is 11.2. The minimum absolute atomic E-state index is 0.157. The summed E-state index contributed by atoms with van der Waals surface area (Å²) in [6.07, 6.45) is 0.534. The molecule has 0 amide bonds. The fraction of sp³-hybridized carbons (Fsp3) is 0.0625. The average Bonchev–Trinajstić information content (AvgIpc) is 3.10. The SMILES string of the molecule is COc1ccc(Cl)cc1-c1nnc(Sc2ccc([N+](=O)[O-])cc2C=O)o1. The number of carbonyl (C=O) groups is 1. The second kappa shape index (κ2) is 7.54. The largest absolute Gasteiger partial charge is 0.496 e. The zero-order valence-electron chi connectivity index (χ0n) is 13.2. The molecule has 0 aliphatic carbocycles. The second-order valence-corrected chi connectivity index (χ2v) is 6.35. The Hall–Kier alpha value is -2.91. The first kappa shape index (κ1) is 17.9. The standard InChI is InChI=1S/C16H10ClN3O5S/c1-24-13-4-2-10(17)7-12(13)15-18-19-16(25-15)26-14-5-3-11(20(22)23)6-9(14)8-21/h2-8H,1H3. The van der Waals surface area contributed by atoms with Crippen molar-refractivity contribution in [3.63, 3.8) is 0 Å². The Balaban J connectivity index is 1.91. The van der Waals surface area contributed by atoms with E-state index < -0.39 is 4.92 Å². The molecule has 1 aromatic heterocycles. The molecule has 10 heteroatoms. The van der Waals surface area contributed by atoms with Crippen molar-refractivity contribution >= 4 is 35.3 Å². The van der Waals surface area contributed by atoms with Crippen molar-refractivity contribution in [3.8, 4) is 17.2 Å². The van der Waals surface area contributed by atoms with E-state index in [1.165, 1.54) is 25.3 Å². The number of aldehydes is 1. The first-order chi connectivity index (χ1) is 12.5. The van der Waals surface area contributed by atoms with Crippen LogP contribution >= 0.6 is 23.4 Å². The number of non-ortho nitro benzene ring substituents is 1. The number of rotatable bonds is 6. The Morgan fingerprint density at radius 3 is 2.77 bits per heavy atom. The quantitative estimate of drug-likeness (QED) is 0.348. The molecular formula is C16H10ClN3O5S. The third-order valence-electron chi connectivity index (χ3n) is 3.33. The summed E-state index contributed by atoms with van der Waals surface area (Å²) in [6, 6.07) is 8.92. The van der Waals surface area contributed by atoms with Crippen LogP contribution in [-0.2, 0) is 0 Å². The van der Waals surface area contributed by atoms with Crippen LogP contribution in [0.5, 0.6) is 5.75 Å². The molecule has 8 nitrogen and oxygen atoms in total. The van der Waals surface area contributed by atoms with E-state index in [1.54, 1.807) is 18.2 Å². The third-order valence-corrected chi connectivity index (χ3v) is 4.49. The van der Waals surface area contributed by atoms with Gasteiger partial charge in [-0.1, -0.05) is 11.6 Å². The predicted octanol–water partition coefficient (Wildman–Crippen LogP) is 4.27. The van der Waals surface area contributed by atoms with E-state index in [2.05, 4.69) is 10.2 Å². The number of nitro groups is 1. The van der Waals surface area contributed by atoms with E-state index in [4.69, 9.17) is 20.8 Å². The predicted molar refractivity (Wildman–Crippen MR) is 93.9 cm³/mol. The summed E-state index contributed by atoms with van der Waals surface area (Å²) in [5, 5.41) is 19.3. The molecule has 1 heterocycles. The summed E-state index contributed by atoms with van der Waals surface area (Å²) < 4.78 is 10.9. The van der Waals surface area contributed by atoms with Gasteiger partial charge in [0.15, 0.2) is 6.29 Å². The molecule has 132 valence electrons. The van der Waals surface area contributed by atoms with Gasteiger partial charge in [-0.25, -0.2) is 0 Å². The smallest absolute Gasteiger partial charge is 0.281 e. The van der Waals surface area contributed by atoms with E-state index in [1.807, 2.05) is 0 Å². The van der Waals surface area contributed by atoms with Gasteiger partial charge in [0, 0.05) is 27.6 Å². The number of nitrogens with zero attached hydrogens (tertiary/aromatic N) is 3. The number of aromatic nitrogens is 2. The highest BCUT2D eigenvalue weighted by Crippen LogP contribution is 2.36. The van der Waals surface area contributed by atoms with E-state index in [9.17, 15) is 14.9 Å². The van der Waals surface area contributed by atoms with Crippen molar-refractivity contribution in [2.45, 2.75) is 10.1 Å². The van der Waals surface area contributed by atoms with Crippen LogP contribution in [0.25, 0.3) is 11.5 Å². The zero-order valence-corrected chi connectivity index (χ0v) is 14.8. The highest BCUT2D eigenvalue weighted by atomic mass is 35.5. The summed E-state index contributed by atoms with van der Waals surface area (Å²) in [4.78, 5) is 21.9. The van der Waals surface area contributed by atoms with Gasteiger partial charge in [0.05, 0.1) is 17.6 Å². The number of carbonyl (C=O) groups excluding carboxylic acids is 1. The molecule has 0 atom stereocenters. The molecule has 0 fully saturated rings. The first-order valence-corrected chi connectivity index (χ1v) is 8.30. The minimum Gasteiger partial charge on any atom is -0.496 e. The number of hydrogen-bond acceptors (Lipinski definition) is 8. The number of benzene rings is 2. The molecule has 0 spiro atoms. The van der Waals surface area contributed by atoms with Gasteiger partial charge in [-0.05, 0) is 36.0 Å². The van der Waals surface area contributed by atoms with Gasteiger partial charge in [0.1, 0.15) is 5.75 Å². The Kier molecular flexibility index (Phi) is 5.19. The lowest BCUT2D eigenvalue weighted by atomic mass is 10.2. The fourth-order valence-corrected chi connectivity index (χ4v) is 3.06. The van der Waals surface area contributed by atoms with Crippen LogP contribution in [0.3, 0.4) is 0 Å². The molecule has 0 bridgehead atoms. The van der Waals surface area contributed by atoms with Crippen molar-refractivity contribution in [3.05, 3.63) is 57.1 Å². The van der Waals surface area contributed by atoms with Gasteiger partial charge in [-0.2, -0.15) is 0 Å². The van der Waals surface area contributed by atoms with Crippen molar-refractivity contribution in [2.24, 2.45) is 0 Å². The molecule has 26 heavy (non-hydrogen) atoms. The van der Waals surface area contributed by atoms with Crippen LogP contribution in [0.4, 0.5) is 5.69 Å². The topological polar surface area (TPSA) is 108 Å². The van der Waals surface area contributed by atoms with Crippen molar-refractivity contribution < 1.29 is 18.9 Å². The van der Waals surface area contributed by atoms with Crippen molar-refractivity contribution in [2.75, 3.05) is 7.11 Å². The van der Waals surface area contributed by atoms with Crippen LogP contribution in [0, 0.1) is 10.1 Å². The highest BCUT2D eigenvalue weighted by molar-refractivity contribution is 7.99. The summed E-state index contributed by atoms with van der Waals surface area (Å²) in [7, 11) is 1.51. The summed E-state index contributed by atoms with van der Waals surface area (Å²) >= 11 is 7.02. The Morgan fingerprint density at radius 2 is 2.08 bits per heavy atom. The molecule has 0 saturated carbocycles. The van der Waals surface area contributed by atoms with E-state index in [-0.39, 0.29) is 22.4 Å². The van der Waals surface area contributed by atoms with E-state index in [0.29, 0.717) is 27.5 Å². The first-order valence-electron chi connectivity index (χ1n) is 7.10. The molecule has 0 aliphatic heterocycles. The van der Waals surface area contributed by atoms with Gasteiger partial charge in [0.2, 0.25) is 0 Å². The third kappa shape index (κ3) is 3.68. The number of halogens is 1. The normalized spacial score (nSPS) is 10.5. The molecule has 3 aromatic rings. The molecular weight excluding hydrogens is 382 g/mol. The Bertz CT molecular complexity index is 992. The number of hydrogen-bond donors (Lipinski definition) is 0. The molecule has 0 unspecified atom stereocenters. The molecule has 0 saturated heterocycles. The van der Waals surface area contributed by atoms with Crippen molar-refractivity contribution in [1.29, 1.82) is 0 Å². The molecule has 2 aromatic carbocycles. The number of methoxy groups -OCH3 is 1. The lowest BCUT2D eigenvalue weighted by Crippen LogP contribution is -1.92. The van der Waals surface area contributed by atoms with Gasteiger partial charge >= 0.3 is 0 Å². The minimum atomic E-state index is -0.572. The van der Waals surface area contributed by atoms with Gasteiger partial charge in [-0.3, -0.25) is 14.9 Å². The van der Waals surface area contributed by atoms with Crippen molar-refractivity contribution in [1.82, 2.24) is 10.2 Å². The Morgan fingerprint density at radius 1 is 1.27 bits per heavy atom. The monoisotopic (exact) mass is 391 g/mol. The van der Waals surface area contributed by atoms with Gasteiger partial charge in [0.25, 0.3) is 16.8 Å². The summed E-state index contributed by atoms with van der Waals surface area (Å²) in [5.41, 5.74) is 0.509. The molecule has 0 radical (unpaired) electrons. The number of ether oxygens (including phenoxy) is 1. The summed E-state index contributed by atoms with van der Waals surface area (Å²) in [5.74, 6) is 0.708. The van der Waals surface area contributed by atoms with Gasteiger partial charge in [-0.15, -0.1) is 10.2 Å². The number of nitro benzene ring substituents is 1. The molecule has 0 aliphatic rings. The van der Waals surface area contributed by atoms with E-state index >= 15 is 0 Å². The second-order valence-electron chi connectivity index (χ2n) is 4.92. The zero-order chi connectivity index (χ0) is 18.7.